The van der Waals surface area contributed by atoms with Gasteiger partial charge in [0.25, 0.3) is 5.91 Å². The van der Waals surface area contributed by atoms with Crippen LogP contribution in [0.5, 0.6) is 0 Å². The van der Waals surface area contributed by atoms with Crippen LogP contribution in [0.4, 0.5) is 5.69 Å². The number of H-pyrrole nitrogens is 1. The van der Waals surface area contributed by atoms with Crippen LogP contribution in [0.3, 0.4) is 0 Å². The highest BCUT2D eigenvalue weighted by molar-refractivity contribution is 5.97. The molecule has 2 rings (SSSR count). The smallest absolute Gasteiger partial charge is 0.303 e. The number of aromatic nitrogens is 2. The number of nitrogens with one attached hydrogen (secondary N) is 3. The van der Waals surface area contributed by atoms with E-state index in [9.17, 15) is 9.59 Å². The molecule has 25 heavy (non-hydrogen) atoms. The summed E-state index contributed by atoms with van der Waals surface area (Å²) in [6.07, 6.45) is 5.03. The summed E-state index contributed by atoms with van der Waals surface area (Å²) in [5.41, 5.74) is 2.37. The zero-order chi connectivity index (χ0) is 18.1. The summed E-state index contributed by atoms with van der Waals surface area (Å²) in [6, 6.07) is 7.31. The number of rotatable bonds is 9. The number of imidazole rings is 1. The average molecular weight is 341 g/mol. The third kappa shape index (κ3) is 5.66. The standard InChI is InChI=1S/C17H19N5O3/c18-9-12(17(25)19-7-3-1-2-4-16(23)24)10-20-13-5-6-14-15(8-13)22-11-21-14/h5-6,8,10-11,20H,1-4,7H2,(H,19,25)(H,21,22)(H,23,24)/b12-10-. The van der Waals surface area contributed by atoms with Gasteiger partial charge in [-0.1, -0.05) is 6.42 Å². The number of carbonyl (C=O) groups is 2. The van der Waals surface area contributed by atoms with E-state index < -0.39 is 11.9 Å². The highest BCUT2D eigenvalue weighted by Crippen LogP contribution is 2.15. The summed E-state index contributed by atoms with van der Waals surface area (Å²) < 4.78 is 0. The zero-order valence-corrected chi connectivity index (χ0v) is 13.6. The minimum absolute atomic E-state index is 0.0322. The van der Waals surface area contributed by atoms with Crippen LogP contribution >= 0.6 is 0 Å². The Balaban J connectivity index is 1.81. The number of benzene rings is 1. The molecule has 4 N–H and O–H groups in total. The molecule has 0 aliphatic rings. The van der Waals surface area contributed by atoms with Gasteiger partial charge >= 0.3 is 5.97 Å². The number of anilines is 1. The molecule has 0 fully saturated rings. The van der Waals surface area contributed by atoms with Crippen molar-refractivity contribution in [3.63, 3.8) is 0 Å². The van der Waals surface area contributed by atoms with Gasteiger partial charge in [0.15, 0.2) is 0 Å². The van der Waals surface area contributed by atoms with Crippen molar-refractivity contribution in [2.45, 2.75) is 25.7 Å². The lowest BCUT2D eigenvalue weighted by atomic mass is 10.2. The molecule has 0 aliphatic heterocycles. The highest BCUT2D eigenvalue weighted by atomic mass is 16.4. The van der Waals surface area contributed by atoms with Crippen molar-refractivity contribution in [1.29, 1.82) is 5.26 Å². The molecule has 0 unspecified atom stereocenters. The number of fused-ring (bicyclic) bond motifs is 1. The molecule has 0 radical (unpaired) electrons. The van der Waals surface area contributed by atoms with E-state index in [2.05, 4.69) is 20.6 Å². The lowest BCUT2D eigenvalue weighted by Gasteiger charge is -2.05. The summed E-state index contributed by atoms with van der Waals surface area (Å²) in [5.74, 6) is -1.28. The Kier molecular flexibility index (Phi) is 6.54. The normalized spacial score (nSPS) is 11.1. The van der Waals surface area contributed by atoms with Crippen LogP contribution in [0, 0.1) is 11.3 Å². The van der Waals surface area contributed by atoms with Crippen LogP contribution in [-0.2, 0) is 9.59 Å². The van der Waals surface area contributed by atoms with Gasteiger partial charge < -0.3 is 20.7 Å². The molecule has 8 nitrogen and oxygen atoms in total. The predicted molar refractivity (Wildman–Crippen MR) is 92.5 cm³/mol. The van der Waals surface area contributed by atoms with E-state index >= 15 is 0 Å². The van der Waals surface area contributed by atoms with Gasteiger partial charge in [0.1, 0.15) is 11.6 Å². The molecule has 1 aromatic carbocycles. The molecule has 0 saturated heterocycles. The lowest BCUT2D eigenvalue weighted by Crippen LogP contribution is -2.26. The van der Waals surface area contributed by atoms with E-state index in [1.54, 1.807) is 12.4 Å². The molecule has 2 aromatic rings. The van der Waals surface area contributed by atoms with Crippen molar-refractivity contribution in [2.24, 2.45) is 0 Å². The van der Waals surface area contributed by atoms with E-state index in [4.69, 9.17) is 10.4 Å². The van der Waals surface area contributed by atoms with Crippen LogP contribution in [0.15, 0.2) is 36.3 Å². The molecule has 0 aliphatic carbocycles. The van der Waals surface area contributed by atoms with Gasteiger partial charge in [-0.05, 0) is 31.0 Å². The summed E-state index contributed by atoms with van der Waals surface area (Å²) in [7, 11) is 0. The first-order valence-corrected chi connectivity index (χ1v) is 7.90. The molecule has 1 amide bonds. The van der Waals surface area contributed by atoms with Gasteiger partial charge in [0, 0.05) is 24.9 Å². The van der Waals surface area contributed by atoms with E-state index in [-0.39, 0.29) is 12.0 Å². The lowest BCUT2D eigenvalue weighted by molar-refractivity contribution is -0.137. The molecular weight excluding hydrogens is 322 g/mol. The van der Waals surface area contributed by atoms with Crippen molar-refractivity contribution in [3.05, 3.63) is 36.3 Å². The van der Waals surface area contributed by atoms with Crippen molar-refractivity contribution >= 4 is 28.6 Å². The molecule has 8 heteroatoms. The second-order valence-electron chi connectivity index (χ2n) is 5.41. The van der Waals surface area contributed by atoms with Crippen molar-refractivity contribution < 1.29 is 14.7 Å². The summed E-state index contributed by atoms with van der Waals surface area (Å²) in [6.45, 7) is 0.400. The second kappa shape index (κ2) is 9.08. The average Bonchev–Trinajstić information content (AvgIpc) is 3.06. The van der Waals surface area contributed by atoms with Crippen LogP contribution in [0.25, 0.3) is 11.0 Å². The van der Waals surface area contributed by atoms with Crippen molar-refractivity contribution in [2.75, 3.05) is 11.9 Å². The number of carboxylic acid groups (broad SMARTS) is 1. The quantitative estimate of drug-likeness (QED) is 0.314. The fourth-order valence-corrected chi connectivity index (χ4v) is 2.20. The largest absolute Gasteiger partial charge is 0.481 e. The third-order valence-corrected chi connectivity index (χ3v) is 3.52. The topological polar surface area (TPSA) is 131 Å². The molecular formula is C17H19N5O3. The summed E-state index contributed by atoms with van der Waals surface area (Å²) in [4.78, 5) is 29.4. The number of aliphatic carboxylic acids is 1. The summed E-state index contributed by atoms with van der Waals surface area (Å²) in [5, 5.41) is 23.2. The Morgan fingerprint density at radius 3 is 2.92 bits per heavy atom. The monoisotopic (exact) mass is 341 g/mol. The maximum Gasteiger partial charge on any atom is 0.303 e. The Bertz CT molecular complexity index is 819. The molecule has 0 saturated carbocycles. The number of carbonyl (C=O) groups excluding carboxylic acids is 1. The Hall–Kier alpha value is -3.34. The van der Waals surface area contributed by atoms with Crippen molar-refractivity contribution in [1.82, 2.24) is 15.3 Å². The summed E-state index contributed by atoms with van der Waals surface area (Å²) >= 11 is 0. The number of carboxylic acids is 1. The third-order valence-electron chi connectivity index (χ3n) is 3.52. The van der Waals surface area contributed by atoms with E-state index in [1.807, 2.05) is 18.2 Å². The van der Waals surface area contributed by atoms with E-state index in [0.717, 1.165) is 16.7 Å². The molecule has 0 bridgehead atoms. The maximum absolute atomic E-state index is 12.0. The van der Waals surface area contributed by atoms with Gasteiger partial charge in [0.2, 0.25) is 0 Å². The predicted octanol–water partition coefficient (Wildman–Crippen LogP) is 2.14. The minimum Gasteiger partial charge on any atom is -0.481 e. The van der Waals surface area contributed by atoms with Gasteiger partial charge in [-0.25, -0.2) is 4.98 Å². The number of nitrogens with zero attached hydrogens (tertiary/aromatic N) is 2. The van der Waals surface area contributed by atoms with E-state index in [1.165, 1.54) is 6.20 Å². The SMILES string of the molecule is N#C/C(=C/Nc1ccc2nc[nH]c2c1)C(=O)NCCCCCC(=O)O. The maximum atomic E-state index is 12.0. The highest BCUT2D eigenvalue weighted by Gasteiger charge is 2.08. The minimum atomic E-state index is -0.821. The number of hydrogen-bond acceptors (Lipinski definition) is 5. The molecule has 1 aromatic heterocycles. The first-order valence-electron chi connectivity index (χ1n) is 7.90. The van der Waals surface area contributed by atoms with Crippen LogP contribution in [-0.4, -0.2) is 33.5 Å². The van der Waals surface area contributed by atoms with E-state index in [0.29, 0.717) is 25.8 Å². The molecule has 0 atom stereocenters. The van der Waals surface area contributed by atoms with Crippen molar-refractivity contribution in [3.8, 4) is 6.07 Å². The van der Waals surface area contributed by atoms with Crippen LogP contribution < -0.4 is 10.6 Å². The Morgan fingerprint density at radius 1 is 1.32 bits per heavy atom. The first-order chi connectivity index (χ1) is 12.1. The molecule has 1 heterocycles. The first kappa shape index (κ1) is 18.0. The zero-order valence-electron chi connectivity index (χ0n) is 13.6. The van der Waals surface area contributed by atoms with Gasteiger partial charge in [-0.3, -0.25) is 9.59 Å². The van der Waals surface area contributed by atoms with Crippen LogP contribution in [0.1, 0.15) is 25.7 Å². The number of aromatic amines is 1. The van der Waals surface area contributed by atoms with Gasteiger partial charge in [0.05, 0.1) is 17.4 Å². The second-order valence-corrected chi connectivity index (χ2v) is 5.41. The fourth-order valence-electron chi connectivity index (χ4n) is 2.20. The van der Waals surface area contributed by atoms with Gasteiger partial charge in [-0.15, -0.1) is 0 Å². The molecule has 130 valence electrons. The van der Waals surface area contributed by atoms with Crippen LogP contribution in [0.2, 0.25) is 0 Å². The number of unbranched alkanes of at least 4 members (excludes halogenated alkanes) is 2. The fraction of sp³-hybridized carbons (Fsp3) is 0.294. The van der Waals surface area contributed by atoms with Gasteiger partial charge in [-0.2, -0.15) is 5.26 Å². The number of amides is 1. The Morgan fingerprint density at radius 2 is 2.16 bits per heavy atom. The Labute approximate surface area is 144 Å². The number of hydrogen-bond donors (Lipinski definition) is 4. The molecule has 0 spiro atoms. The number of nitriles is 1.